The van der Waals surface area contributed by atoms with Gasteiger partial charge in [0.2, 0.25) is 0 Å². The smallest absolute Gasteiger partial charge is 0.251 e. The van der Waals surface area contributed by atoms with Crippen LogP contribution in [0.5, 0.6) is 5.75 Å². The Kier molecular flexibility index (Phi) is 7.53. The first-order chi connectivity index (χ1) is 16.4. The summed E-state index contributed by atoms with van der Waals surface area (Å²) in [5.74, 6) is 1.62. The largest absolute Gasteiger partial charge is 0.493 e. The summed E-state index contributed by atoms with van der Waals surface area (Å²) in [4.78, 5) is 17.6. The number of unbranched alkanes of at least 4 members (excludes halogenated alkanes) is 1. The maximum Gasteiger partial charge on any atom is 0.251 e. The zero-order chi connectivity index (χ0) is 24.1. The van der Waals surface area contributed by atoms with Crippen LogP contribution in [0.3, 0.4) is 0 Å². The van der Waals surface area contributed by atoms with E-state index in [0.717, 1.165) is 42.0 Å². The number of fused-ring (bicyclic) bond motifs is 1. The van der Waals surface area contributed by atoms with Crippen molar-refractivity contribution < 1.29 is 9.53 Å². The molecular formula is C28H30ClN3O2. The van der Waals surface area contributed by atoms with Gasteiger partial charge in [0.1, 0.15) is 11.6 Å². The first-order valence-electron chi connectivity index (χ1n) is 11.6. The van der Waals surface area contributed by atoms with Gasteiger partial charge in [0.25, 0.3) is 5.91 Å². The molecule has 0 radical (unpaired) electrons. The fraction of sp³-hybridized carbons (Fsp3) is 0.286. The highest BCUT2D eigenvalue weighted by molar-refractivity contribution is 6.30. The van der Waals surface area contributed by atoms with Crippen molar-refractivity contribution in [2.45, 2.75) is 46.2 Å². The number of halogens is 1. The highest BCUT2D eigenvalue weighted by Crippen LogP contribution is 2.23. The van der Waals surface area contributed by atoms with Crippen LogP contribution in [0.15, 0.2) is 66.7 Å². The van der Waals surface area contributed by atoms with Crippen molar-refractivity contribution in [3.63, 3.8) is 0 Å². The van der Waals surface area contributed by atoms with E-state index >= 15 is 0 Å². The molecule has 0 spiro atoms. The molecule has 1 atom stereocenters. The van der Waals surface area contributed by atoms with Gasteiger partial charge in [0.15, 0.2) is 0 Å². The van der Waals surface area contributed by atoms with Gasteiger partial charge in [-0.3, -0.25) is 4.79 Å². The van der Waals surface area contributed by atoms with Gasteiger partial charge in [0.05, 0.1) is 23.7 Å². The second-order valence-corrected chi connectivity index (χ2v) is 9.01. The lowest BCUT2D eigenvalue weighted by atomic mass is 10.1. The number of nitrogens with zero attached hydrogens (tertiary/aromatic N) is 2. The van der Waals surface area contributed by atoms with Crippen molar-refractivity contribution in [2.24, 2.45) is 0 Å². The minimum atomic E-state index is -0.259. The van der Waals surface area contributed by atoms with Crippen LogP contribution in [0.1, 0.15) is 53.1 Å². The topological polar surface area (TPSA) is 56.1 Å². The van der Waals surface area contributed by atoms with E-state index in [1.807, 2.05) is 37.3 Å². The van der Waals surface area contributed by atoms with Crippen LogP contribution >= 0.6 is 11.6 Å². The highest BCUT2D eigenvalue weighted by atomic mass is 35.5. The summed E-state index contributed by atoms with van der Waals surface area (Å²) in [5, 5.41) is 3.61. The minimum Gasteiger partial charge on any atom is -0.493 e. The predicted octanol–water partition coefficient (Wildman–Crippen LogP) is 6.66. The fourth-order valence-corrected chi connectivity index (χ4v) is 4.26. The Bertz CT molecular complexity index is 1300. The highest BCUT2D eigenvalue weighted by Gasteiger charge is 2.19. The van der Waals surface area contributed by atoms with E-state index in [-0.39, 0.29) is 11.9 Å². The van der Waals surface area contributed by atoms with Gasteiger partial charge in [-0.2, -0.15) is 0 Å². The quantitative estimate of drug-likeness (QED) is 0.275. The standard InChI is InChI=1S/C28H30ClN3O2/c1-19-10-8-15-26(20(19)2)34-17-7-6-16-32-25-14-5-4-13-24(25)31-27(32)21(3)30-28(33)22-11-9-12-23(29)18-22/h4-5,8-15,18,21H,6-7,16-17H2,1-3H3,(H,30,33). The van der Waals surface area contributed by atoms with Crippen molar-refractivity contribution in [3.8, 4) is 5.75 Å². The summed E-state index contributed by atoms with van der Waals surface area (Å²) in [5.41, 5.74) is 4.95. The molecule has 176 valence electrons. The van der Waals surface area contributed by atoms with E-state index in [9.17, 15) is 4.79 Å². The van der Waals surface area contributed by atoms with Gasteiger partial charge in [-0.15, -0.1) is 0 Å². The normalized spacial score (nSPS) is 12.0. The molecule has 0 saturated heterocycles. The number of benzene rings is 3. The number of rotatable bonds is 9. The van der Waals surface area contributed by atoms with Crippen LogP contribution in [0, 0.1) is 13.8 Å². The zero-order valence-electron chi connectivity index (χ0n) is 19.8. The van der Waals surface area contributed by atoms with Crippen molar-refractivity contribution in [1.29, 1.82) is 0 Å². The first-order valence-corrected chi connectivity index (χ1v) is 12.0. The van der Waals surface area contributed by atoms with Gasteiger partial charge in [0, 0.05) is 17.1 Å². The van der Waals surface area contributed by atoms with Crippen LogP contribution in [0.25, 0.3) is 11.0 Å². The molecule has 1 amide bonds. The molecule has 4 aromatic rings. The van der Waals surface area contributed by atoms with Gasteiger partial charge >= 0.3 is 0 Å². The summed E-state index contributed by atoms with van der Waals surface area (Å²) in [7, 11) is 0. The Morgan fingerprint density at radius 2 is 1.85 bits per heavy atom. The van der Waals surface area contributed by atoms with Crippen molar-refractivity contribution >= 4 is 28.5 Å². The van der Waals surface area contributed by atoms with Crippen molar-refractivity contribution in [2.75, 3.05) is 6.61 Å². The molecule has 3 aromatic carbocycles. The molecule has 1 unspecified atom stereocenters. The monoisotopic (exact) mass is 475 g/mol. The van der Waals surface area contributed by atoms with Gasteiger partial charge in [-0.25, -0.2) is 4.98 Å². The lowest BCUT2D eigenvalue weighted by molar-refractivity contribution is 0.0937. The van der Waals surface area contributed by atoms with Crippen molar-refractivity contribution in [1.82, 2.24) is 14.9 Å². The van der Waals surface area contributed by atoms with Crippen molar-refractivity contribution in [3.05, 3.63) is 94.3 Å². The van der Waals surface area contributed by atoms with Gasteiger partial charge in [-0.05, 0) is 81.1 Å². The van der Waals surface area contributed by atoms with Crippen LogP contribution in [-0.4, -0.2) is 22.1 Å². The molecule has 6 heteroatoms. The average molecular weight is 476 g/mol. The van der Waals surface area contributed by atoms with E-state index in [1.165, 1.54) is 11.1 Å². The Labute approximate surface area is 205 Å². The van der Waals surface area contributed by atoms with Crippen LogP contribution in [-0.2, 0) is 6.54 Å². The van der Waals surface area contributed by atoms with Crippen LogP contribution < -0.4 is 10.1 Å². The molecule has 0 saturated carbocycles. The number of aromatic nitrogens is 2. The van der Waals surface area contributed by atoms with E-state index in [4.69, 9.17) is 21.3 Å². The third-order valence-corrected chi connectivity index (χ3v) is 6.33. The lowest BCUT2D eigenvalue weighted by Crippen LogP contribution is -2.28. The number of aryl methyl sites for hydroxylation is 2. The predicted molar refractivity (Wildman–Crippen MR) is 138 cm³/mol. The molecule has 1 aromatic heterocycles. The number of ether oxygens (including phenoxy) is 1. The molecule has 34 heavy (non-hydrogen) atoms. The molecule has 0 bridgehead atoms. The zero-order valence-corrected chi connectivity index (χ0v) is 20.6. The Morgan fingerprint density at radius 3 is 2.68 bits per heavy atom. The van der Waals surface area contributed by atoms with E-state index in [0.29, 0.717) is 17.2 Å². The lowest BCUT2D eigenvalue weighted by Gasteiger charge is -2.17. The number of carbonyl (C=O) groups is 1. The fourth-order valence-electron chi connectivity index (χ4n) is 4.07. The molecule has 0 aliphatic heterocycles. The number of para-hydroxylation sites is 2. The van der Waals surface area contributed by atoms with Crippen LogP contribution in [0.4, 0.5) is 0 Å². The molecule has 0 aliphatic carbocycles. The minimum absolute atomic E-state index is 0.171. The average Bonchev–Trinajstić information content (AvgIpc) is 3.20. The second kappa shape index (κ2) is 10.7. The summed E-state index contributed by atoms with van der Waals surface area (Å²) < 4.78 is 8.23. The van der Waals surface area contributed by atoms with Gasteiger partial charge < -0.3 is 14.6 Å². The number of amides is 1. The third kappa shape index (κ3) is 5.42. The third-order valence-electron chi connectivity index (χ3n) is 6.09. The molecule has 0 aliphatic rings. The molecule has 4 rings (SSSR count). The van der Waals surface area contributed by atoms with E-state index < -0.39 is 0 Å². The molecule has 5 nitrogen and oxygen atoms in total. The molecule has 1 heterocycles. The van der Waals surface area contributed by atoms with E-state index in [1.54, 1.807) is 24.3 Å². The number of hydrogen-bond acceptors (Lipinski definition) is 3. The number of hydrogen-bond donors (Lipinski definition) is 1. The Hall–Kier alpha value is -3.31. The number of carbonyl (C=O) groups excluding carboxylic acids is 1. The second-order valence-electron chi connectivity index (χ2n) is 8.57. The molecular weight excluding hydrogens is 446 g/mol. The maximum absolute atomic E-state index is 12.8. The van der Waals surface area contributed by atoms with Gasteiger partial charge in [-0.1, -0.05) is 41.9 Å². The summed E-state index contributed by atoms with van der Waals surface area (Å²) in [6.07, 6.45) is 1.86. The Balaban J connectivity index is 1.43. The number of imidazole rings is 1. The molecule has 1 N–H and O–H groups in total. The summed E-state index contributed by atoms with van der Waals surface area (Å²) >= 11 is 6.05. The van der Waals surface area contributed by atoms with E-state index in [2.05, 4.69) is 35.9 Å². The summed E-state index contributed by atoms with van der Waals surface area (Å²) in [6, 6.07) is 20.9. The number of nitrogens with one attached hydrogen (secondary N) is 1. The maximum atomic E-state index is 12.8. The SMILES string of the molecule is Cc1cccc(OCCCCn2c(C(C)NC(=O)c3cccc(Cl)c3)nc3ccccc32)c1C. The van der Waals surface area contributed by atoms with Crippen LogP contribution in [0.2, 0.25) is 5.02 Å². The Morgan fingerprint density at radius 1 is 1.06 bits per heavy atom. The molecule has 0 fully saturated rings. The first kappa shape index (κ1) is 23.8. The summed E-state index contributed by atoms with van der Waals surface area (Å²) in [6.45, 7) is 7.61.